The molecule has 36 heavy (non-hydrogen) atoms. The van der Waals surface area contributed by atoms with Gasteiger partial charge in [0.25, 0.3) is 5.91 Å². The molecular weight excluding hydrogens is 448 g/mol. The minimum absolute atomic E-state index is 0.0297. The molecule has 1 heterocycles. The zero-order valence-corrected chi connectivity index (χ0v) is 21.7. The molecule has 1 unspecified atom stereocenters. The Kier molecular flexibility index (Phi) is 7.02. The first-order valence-electron chi connectivity index (χ1n) is 12.3. The van der Waals surface area contributed by atoms with Gasteiger partial charge in [-0.05, 0) is 52.8 Å². The Morgan fingerprint density at radius 2 is 1.53 bits per heavy atom. The molecule has 186 valence electrons. The monoisotopic (exact) mass is 482 g/mol. The van der Waals surface area contributed by atoms with Crippen LogP contribution >= 0.6 is 0 Å². The van der Waals surface area contributed by atoms with Gasteiger partial charge < -0.3 is 10.0 Å². The largest absolute Gasteiger partial charge is 0.503 e. The number of amides is 1. The van der Waals surface area contributed by atoms with Crippen LogP contribution in [0.25, 0.3) is 0 Å². The van der Waals surface area contributed by atoms with Crippen molar-refractivity contribution in [2.45, 2.75) is 45.1 Å². The third-order valence-corrected chi connectivity index (χ3v) is 6.73. The van der Waals surface area contributed by atoms with Gasteiger partial charge in [-0.25, -0.2) is 0 Å². The lowest BCUT2D eigenvalue weighted by Gasteiger charge is -2.28. The first-order valence-corrected chi connectivity index (χ1v) is 12.3. The third kappa shape index (κ3) is 5.06. The Morgan fingerprint density at radius 1 is 0.917 bits per heavy atom. The average molecular weight is 483 g/mol. The third-order valence-electron chi connectivity index (χ3n) is 6.73. The van der Waals surface area contributed by atoms with Crippen LogP contribution in [0.1, 0.15) is 49.9 Å². The Hall–Kier alpha value is -3.86. The zero-order valence-electron chi connectivity index (χ0n) is 21.7. The van der Waals surface area contributed by atoms with Crippen molar-refractivity contribution in [2.24, 2.45) is 0 Å². The maximum atomic E-state index is 13.5. The van der Waals surface area contributed by atoms with E-state index in [0.717, 1.165) is 22.4 Å². The summed E-state index contributed by atoms with van der Waals surface area (Å²) in [4.78, 5) is 30.4. The highest BCUT2D eigenvalue weighted by molar-refractivity contribution is 6.16. The van der Waals surface area contributed by atoms with Crippen LogP contribution < -0.4 is 9.80 Å². The van der Waals surface area contributed by atoms with Crippen LogP contribution in [0.3, 0.4) is 0 Å². The Morgan fingerprint density at radius 3 is 2.08 bits per heavy atom. The number of anilines is 2. The number of aryl methyl sites for hydroxylation is 1. The molecule has 0 saturated heterocycles. The number of benzene rings is 3. The molecular formula is C31H34N2O3. The maximum Gasteiger partial charge on any atom is 0.294 e. The second-order valence-electron chi connectivity index (χ2n) is 10.5. The summed E-state index contributed by atoms with van der Waals surface area (Å²) in [5, 5.41) is 11.0. The number of nitrogens with zero attached hydrogens (tertiary/aromatic N) is 2. The molecule has 5 nitrogen and oxygen atoms in total. The summed E-state index contributed by atoms with van der Waals surface area (Å²) in [6.45, 7) is 6.43. The van der Waals surface area contributed by atoms with E-state index in [1.165, 1.54) is 4.90 Å². The average Bonchev–Trinajstić information content (AvgIpc) is 3.13. The first kappa shape index (κ1) is 25.2. The molecule has 4 rings (SSSR count). The quantitative estimate of drug-likeness (QED) is 0.439. The van der Waals surface area contributed by atoms with E-state index in [1.54, 1.807) is 0 Å². The minimum Gasteiger partial charge on any atom is -0.503 e. The van der Waals surface area contributed by atoms with Crippen LogP contribution in [0.4, 0.5) is 11.4 Å². The van der Waals surface area contributed by atoms with Gasteiger partial charge in [0, 0.05) is 31.9 Å². The first-order chi connectivity index (χ1) is 17.1. The summed E-state index contributed by atoms with van der Waals surface area (Å²) in [6.07, 6.45) is 0.749. The van der Waals surface area contributed by atoms with Crippen molar-refractivity contribution in [3.8, 4) is 0 Å². The summed E-state index contributed by atoms with van der Waals surface area (Å²) >= 11 is 0. The second kappa shape index (κ2) is 10.0. The Bertz CT molecular complexity index is 1270. The number of ketones is 1. The predicted molar refractivity (Wildman–Crippen MR) is 146 cm³/mol. The number of rotatable bonds is 7. The molecule has 0 saturated carbocycles. The normalized spacial score (nSPS) is 16.0. The van der Waals surface area contributed by atoms with Crippen LogP contribution in [0, 0.1) is 0 Å². The lowest BCUT2D eigenvalue weighted by atomic mass is 9.85. The van der Waals surface area contributed by atoms with Crippen molar-refractivity contribution in [3.05, 3.63) is 107 Å². The summed E-state index contributed by atoms with van der Waals surface area (Å²) in [5.41, 5.74) is 4.75. The molecule has 1 aliphatic heterocycles. The summed E-state index contributed by atoms with van der Waals surface area (Å²) in [5.74, 6) is -1.24. The van der Waals surface area contributed by atoms with Crippen molar-refractivity contribution < 1.29 is 14.7 Å². The van der Waals surface area contributed by atoms with Crippen LogP contribution in [0.2, 0.25) is 0 Å². The van der Waals surface area contributed by atoms with Crippen LogP contribution in [0.5, 0.6) is 0 Å². The van der Waals surface area contributed by atoms with E-state index in [9.17, 15) is 14.7 Å². The summed E-state index contributed by atoms with van der Waals surface area (Å²) in [7, 11) is 3.90. The lowest BCUT2D eigenvalue weighted by Crippen LogP contribution is -2.31. The van der Waals surface area contributed by atoms with E-state index in [0.29, 0.717) is 12.1 Å². The molecule has 1 aliphatic rings. The van der Waals surface area contributed by atoms with Gasteiger partial charge in [-0.1, -0.05) is 75.4 Å². The minimum atomic E-state index is -0.694. The van der Waals surface area contributed by atoms with Gasteiger partial charge in [0.05, 0.1) is 11.6 Å². The summed E-state index contributed by atoms with van der Waals surface area (Å²) in [6, 6.07) is 24.6. The zero-order chi connectivity index (χ0) is 26.0. The highest BCUT2D eigenvalue weighted by Gasteiger charge is 2.44. The topological polar surface area (TPSA) is 60.9 Å². The highest BCUT2D eigenvalue weighted by Crippen LogP contribution is 2.42. The van der Waals surface area contributed by atoms with Crippen LogP contribution in [-0.2, 0) is 21.4 Å². The van der Waals surface area contributed by atoms with E-state index < -0.39 is 17.7 Å². The standard InChI is InChI=1S/C31H34N2O3/c1-31(2,3)23-14-12-22(13-15-23)28-27(26(34)20-11-21-9-7-6-8-10-21)29(35)30(36)33(28)25-18-16-24(17-19-25)32(4)5/h6-10,12-19,28,35H,11,20H2,1-5H3. The van der Waals surface area contributed by atoms with Gasteiger partial charge in [-0.3, -0.25) is 14.5 Å². The molecule has 1 amide bonds. The molecule has 0 bridgehead atoms. The van der Waals surface area contributed by atoms with E-state index in [1.807, 2.05) is 97.9 Å². The van der Waals surface area contributed by atoms with E-state index in [-0.39, 0.29) is 23.2 Å². The number of Topliss-reactive ketones (excluding diaryl/α,β-unsaturated/α-hetero) is 1. The smallest absolute Gasteiger partial charge is 0.294 e. The SMILES string of the molecule is CN(C)c1ccc(N2C(=O)C(O)=C(C(=O)CCc3ccccc3)C2c2ccc(C(C)(C)C)cc2)cc1. The fourth-order valence-electron chi connectivity index (χ4n) is 4.59. The Labute approximate surface area is 213 Å². The van der Waals surface area contributed by atoms with Crippen LogP contribution in [-0.4, -0.2) is 30.9 Å². The fraction of sp³-hybridized carbons (Fsp3) is 0.290. The predicted octanol–water partition coefficient (Wildman–Crippen LogP) is 6.15. The maximum absolute atomic E-state index is 13.5. The van der Waals surface area contributed by atoms with Crippen molar-refractivity contribution >= 4 is 23.1 Å². The number of hydrogen-bond acceptors (Lipinski definition) is 4. The summed E-state index contributed by atoms with van der Waals surface area (Å²) < 4.78 is 0. The molecule has 3 aromatic carbocycles. The second-order valence-corrected chi connectivity index (χ2v) is 10.5. The molecule has 0 aromatic heterocycles. The van der Waals surface area contributed by atoms with Gasteiger partial charge in [0.1, 0.15) is 0 Å². The molecule has 3 aromatic rings. The van der Waals surface area contributed by atoms with Gasteiger partial charge in [0.2, 0.25) is 0 Å². The number of carbonyl (C=O) groups excluding carboxylic acids is 2. The van der Waals surface area contributed by atoms with E-state index in [4.69, 9.17) is 0 Å². The van der Waals surface area contributed by atoms with E-state index in [2.05, 4.69) is 20.8 Å². The molecule has 1 atom stereocenters. The van der Waals surface area contributed by atoms with Crippen LogP contribution in [0.15, 0.2) is 90.2 Å². The number of aliphatic hydroxyl groups excluding tert-OH is 1. The Balaban J connectivity index is 1.73. The molecule has 0 fully saturated rings. The van der Waals surface area contributed by atoms with Crippen molar-refractivity contribution in [2.75, 3.05) is 23.9 Å². The number of hydrogen-bond donors (Lipinski definition) is 1. The fourth-order valence-corrected chi connectivity index (χ4v) is 4.59. The highest BCUT2D eigenvalue weighted by atomic mass is 16.3. The number of carbonyl (C=O) groups is 2. The van der Waals surface area contributed by atoms with Crippen molar-refractivity contribution in [1.29, 1.82) is 0 Å². The van der Waals surface area contributed by atoms with Gasteiger partial charge in [-0.2, -0.15) is 0 Å². The lowest BCUT2D eigenvalue weighted by molar-refractivity contribution is -0.118. The van der Waals surface area contributed by atoms with Gasteiger partial charge >= 0.3 is 0 Å². The van der Waals surface area contributed by atoms with Crippen molar-refractivity contribution in [1.82, 2.24) is 0 Å². The molecule has 1 N–H and O–H groups in total. The molecule has 0 aliphatic carbocycles. The number of aliphatic hydroxyl groups is 1. The molecule has 0 radical (unpaired) electrons. The van der Waals surface area contributed by atoms with Gasteiger partial charge in [0.15, 0.2) is 11.5 Å². The van der Waals surface area contributed by atoms with Crippen molar-refractivity contribution in [3.63, 3.8) is 0 Å². The molecule has 0 spiro atoms. The van der Waals surface area contributed by atoms with Gasteiger partial charge in [-0.15, -0.1) is 0 Å². The van der Waals surface area contributed by atoms with E-state index >= 15 is 0 Å². The molecule has 5 heteroatoms.